The van der Waals surface area contributed by atoms with Gasteiger partial charge in [0.25, 0.3) is 0 Å². The maximum atomic E-state index is 13.0. The fourth-order valence-corrected chi connectivity index (χ4v) is 5.23. The molecule has 24 heavy (non-hydrogen) atoms. The van der Waals surface area contributed by atoms with Crippen molar-refractivity contribution in [1.29, 1.82) is 0 Å². The fourth-order valence-electron chi connectivity index (χ4n) is 2.45. The molecule has 1 aromatic carbocycles. The Morgan fingerprint density at radius 2 is 2.00 bits per heavy atom. The highest BCUT2D eigenvalue weighted by atomic mass is 32.2. The smallest absolute Gasteiger partial charge is 0.223 e. The molecular weight excluding hydrogens is 346 g/mol. The van der Waals surface area contributed by atoms with Crippen LogP contribution < -0.4 is 10.1 Å². The Morgan fingerprint density at radius 3 is 2.54 bits per heavy atom. The van der Waals surface area contributed by atoms with Crippen molar-refractivity contribution in [2.45, 2.75) is 23.0 Å². The number of rotatable bonds is 7. The maximum Gasteiger partial charge on any atom is 0.223 e. The van der Waals surface area contributed by atoms with Crippen molar-refractivity contribution in [2.75, 3.05) is 13.7 Å². The molecule has 1 atom stereocenters. The van der Waals surface area contributed by atoms with Crippen LogP contribution in [0.25, 0.3) is 0 Å². The minimum Gasteiger partial charge on any atom is -0.497 e. The number of ether oxygens (including phenoxy) is 1. The highest BCUT2D eigenvalue weighted by Gasteiger charge is 2.33. The molecule has 1 amide bonds. The molecular formula is C17H19NO4S2. The molecule has 1 heterocycles. The van der Waals surface area contributed by atoms with Gasteiger partial charge in [-0.2, -0.15) is 0 Å². The van der Waals surface area contributed by atoms with E-state index in [1.165, 1.54) is 30.6 Å². The molecule has 1 saturated carbocycles. The zero-order valence-corrected chi connectivity index (χ0v) is 14.9. The Bertz CT molecular complexity index is 794. The molecule has 0 unspecified atom stereocenters. The molecule has 7 heteroatoms. The van der Waals surface area contributed by atoms with E-state index >= 15 is 0 Å². The first-order valence-electron chi connectivity index (χ1n) is 7.71. The standard InChI is InChI=1S/C17H19NO4S2/c1-22-13-6-8-14(9-7-13)24(20,21)16(15-3-2-10-23-15)11-18-17(19)12-4-5-12/h2-3,6-10,12,16H,4-5,11H2,1H3,(H,18,19)/t16-/m1/s1. The van der Waals surface area contributed by atoms with E-state index in [0.29, 0.717) is 5.75 Å². The lowest BCUT2D eigenvalue weighted by Crippen LogP contribution is -2.32. The van der Waals surface area contributed by atoms with Crippen LogP contribution in [0.15, 0.2) is 46.7 Å². The predicted molar refractivity (Wildman–Crippen MR) is 93.0 cm³/mol. The summed E-state index contributed by atoms with van der Waals surface area (Å²) in [7, 11) is -2.08. The monoisotopic (exact) mass is 365 g/mol. The molecule has 1 N–H and O–H groups in total. The minimum atomic E-state index is -3.61. The Balaban J connectivity index is 1.86. The van der Waals surface area contributed by atoms with E-state index < -0.39 is 15.1 Å². The number of amides is 1. The number of nitrogens with one attached hydrogen (secondary N) is 1. The first-order chi connectivity index (χ1) is 11.5. The van der Waals surface area contributed by atoms with Crippen molar-refractivity contribution in [3.63, 3.8) is 0 Å². The predicted octanol–water partition coefficient (Wildman–Crippen LogP) is 2.80. The summed E-state index contributed by atoms with van der Waals surface area (Å²) in [6, 6.07) is 9.94. The van der Waals surface area contributed by atoms with E-state index in [2.05, 4.69) is 5.32 Å². The van der Waals surface area contributed by atoms with Gasteiger partial charge in [-0.1, -0.05) is 6.07 Å². The van der Waals surface area contributed by atoms with Crippen LogP contribution >= 0.6 is 11.3 Å². The van der Waals surface area contributed by atoms with E-state index in [0.717, 1.165) is 17.7 Å². The van der Waals surface area contributed by atoms with E-state index in [1.807, 2.05) is 11.4 Å². The van der Waals surface area contributed by atoms with Crippen molar-refractivity contribution in [3.05, 3.63) is 46.7 Å². The van der Waals surface area contributed by atoms with E-state index in [4.69, 9.17) is 4.74 Å². The summed E-state index contributed by atoms with van der Waals surface area (Å²) in [5, 5.41) is 3.85. The summed E-state index contributed by atoms with van der Waals surface area (Å²) in [5.74, 6) is 0.600. The molecule has 1 aliphatic rings. The second-order valence-electron chi connectivity index (χ2n) is 5.74. The van der Waals surface area contributed by atoms with Crippen molar-refractivity contribution >= 4 is 27.1 Å². The first-order valence-corrected chi connectivity index (χ1v) is 10.1. The molecule has 1 aromatic heterocycles. The van der Waals surface area contributed by atoms with Gasteiger partial charge in [0.1, 0.15) is 11.0 Å². The number of carbonyl (C=O) groups is 1. The molecule has 0 bridgehead atoms. The Morgan fingerprint density at radius 1 is 1.29 bits per heavy atom. The van der Waals surface area contributed by atoms with Crippen LogP contribution in [0.1, 0.15) is 23.0 Å². The molecule has 1 fully saturated rings. The average molecular weight is 365 g/mol. The third kappa shape index (κ3) is 3.62. The summed E-state index contributed by atoms with van der Waals surface area (Å²) in [6.07, 6.45) is 1.78. The minimum absolute atomic E-state index is 0.0534. The van der Waals surface area contributed by atoms with Gasteiger partial charge in [0.05, 0.1) is 12.0 Å². The quantitative estimate of drug-likeness (QED) is 0.819. The molecule has 0 radical (unpaired) electrons. The van der Waals surface area contributed by atoms with Crippen molar-refractivity contribution in [2.24, 2.45) is 5.92 Å². The lowest BCUT2D eigenvalue weighted by atomic mass is 10.3. The van der Waals surface area contributed by atoms with Gasteiger partial charge in [0, 0.05) is 17.3 Å². The fraction of sp³-hybridized carbons (Fsp3) is 0.353. The summed E-state index contributed by atoms with van der Waals surface area (Å²) in [4.78, 5) is 12.9. The van der Waals surface area contributed by atoms with Gasteiger partial charge in [-0.05, 0) is 48.6 Å². The van der Waals surface area contributed by atoms with Gasteiger partial charge in [0.2, 0.25) is 5.91 Å². The maximum absolute atomic E-state index is 13.0. The van der Waals surface area contributed by atoms with Crippen molar-refractivity contribution in [3.8, 4) is 5.75 Å². The number of carbonyl (C=O) groups excluding carboxylic acids is 1. The van der Waals surface area contributed by atoms with Crippen molar-refractivity contribution in [1.82, 2.24) is 5.32 Å². The summed E-state index contributed by atoms with van der Waals surface area (Å²) >= 11 is 1.38. The second kappa shape index (κ2) is 6.94. The lowest BCUT2D eigenvalue weighted by molar-refractivity contribution is -0.122. The number of benzene rings is 1. The van der Waals surface area contributed by atoms with Crippen LogP contribution in [0.3, 0.4) is 0 Å². The van der Waals surface area contributed by atoms with Crippen LogP contribution in [0.4, 0.5) is 0 Å². The van der Waals surface area contributed by atoms with Gasteiger partial charge in [-0.25, -0.2) is 8.42 Å². The third-order valence-electron chi connectivity index (χ3n) is 4.03. The molecule has 5 nitrogen and oxygen atoms in total. The van der Waals surface area contributed by atoms with Gasteiger partial charge in [-0.15, -0.1) is 11.3 Å². The normalized spacial score (nSPS) is 15.7. The number of hydrogen-bond acceptors (Lipinski definition) is 5. The molecule has 0 spiro atoms. The van der Waals surface area contributed by atoms with E-state index in [9.17, 15) is 13.2 Å². The summed E-state index contributed by atoms with van der Waals surface area (Å²) < 4.78 is 31.2. The third-order valence-corrected chi connectivity index (χ3v) is 7.27. The van der Waals surface area contributed by atoms with Crippen LogP contribution in [0.2, 0.25) is 0 Å². The highest BCUT2D eigenvalue weighted by Crippen LogP contribution is 2.33. The van der Waals surface area contributed by atoms with Gasteiger partial charge in [0.15, 0.2) is 9.84 Å². The zero-order chi connectivity index (χ0) is 17.2. The van der Waals surface area contributed by atoms with Crippen LogP contribution in [0, 0.1) is 5.92 Å². The van der Waals surface area contributed by atoms with Crippen molar-refractivity contribution < 1.29 is 17.9 Å². The molecule has 0 saturated heterocycles. The Hall–Kier alpha value is -1.86. The molecule has 2 aromatic rings. The number of thiophene rings is 1. The van der Waals surface area contributed by atoms with Gasteiger partial charge < -0.3 is 10.1 Å². The van der Waals surface area contributed by atoms with E-state index in [1.54, 1.807) is 18.2 Å². The Labute approximate surface area is 145 Å². The van der Waals surface area contributed by atoms with Gasteiger partial charge >= 0.3 is 0 Å². The number of sulfone groups is 1. The lowest BCUT2D eigenvalue weighted by Gasteiger charge is -2.17. The molecule has 1 aliphatic carbocycles. The largest absolute Gasteiger partial charge is 0.497 e. The topological polar surface area (TPSA) is 72.5 Å². The molecule has 3 rings (SSSR count). The molecule has 128 valence electrons. The van der Waals surface area contributed by atoms with E-state index in [-0.39, 0.29) is 23.3 Å². The average Bonchev–Trinajstić information content (AvgIpc) is 3.31. The second-order valence-corrected chi connectivity index (χ2v) is 8.85. The van der Waals surface area contributed by atoms with Crippen LogP contribution in [0.5, 0.6) is 5.75 Å². The SMILES string of the molecule is COc1ccc(S(=O)(=O)[C@H](CNC(=O)C2CC2)c2cccs2)cc1. The first kappa shape index (κ1) is 17.0. The summed E-state index contributed by atoms with van der Waals surface area (Å²) in [5.41, 5.74) is 0. The zero-order valence-electron chi connectivity index (χ0n) is 13.3. The Kier molecular flexibility index (Phi) is 4.91. The number of hydrogen-bond donors (Lipinski definition) is 1. The molecule has 0 aliphatic heterocycles. The van der Waals surface area contributed by atoms with Crippen LogP contribution in [-0.4, -0.2) is 28.0 Å². The summed E-state index contributed by atoms with van der Waals surface area (Å²) in [6.45, 7) is 0.0875. The highest BCUT2D eigenvalue weighted by molar-refractivity contribution is 7.91. The van der Waals surface area contributed by atoms with Crippen LogP contribution in [-0.2, 0) is 14.6 Å². The van der Waals surface area contributed by atoms with Gasteiger partial charge in [-0.3, -0.25) is 4.79 Å². The number of methoxy groups -OCH3 is 1.